The van der Waals surface area contributed by atoms with Gasteiger partial charge in [-0.05, 0) is 29.8 Å². The van der Waals surface area contributed by atoms with Crippen LogP contribution in [0.4, 0.5) is 17.1 Å². The van der Waals surface area contributed by atoms with E-state index in [1.54, 1.807) is 0 Å². The molecule has 0 aliphatic carbocycles. The molecule has 38 heavy (non-hydrogen) atoms. The van der Waals surface area contributed by atoms with Crippen molar-refractivity contribution < 1.29 is 38.3 Å². The number of halogens is 2. The Labute approximate surface area is 234 Å². The molecule has 2 aromatic carbocycles. The van der Waals surface area contributed by atoms with Crippen LogP contribution >= 0.6 is 31.9 Å². The predicted molar refractivity (Wildman–Crippen MR) is 144 cm³/mol. The Morgan fingerprint density at radius 2 is 1.68 bits per heavy atom. The zero-order chi connectivity index (χ0) is 28.4. The lowest BCUT2D eigenvalue weighted by atomic mass is 9.95. The van der Waals surface area contributed by atoms with Gasteiger partial charge in [0.05, 0.1) is 45.1 Å². The van der Waals surface area contributed by atoms with Crippen LogP contribution < -0.4 is 10.6 Å². The van der Waals surface area contributed by atoms with Gasteiger partial charge in [-0.15, -0.1) is 0 Å². The summed E-state index contributed by atoms with van der Waals surface area (Å²) >= 11 is 6.56. The summed E-state index contributed by atoms with van der Waals surface area (Å²) in [6, 6.07) is 8.35. The maximum atomic E-state index is 11.8. The minimum absolute atomic E-state index is 0.0187. The van der Waals surface area contributed by atoms with Crippen LogP contribution in [-0.2, 0) is 39.8 Å². The van der Waals surface area contributed by atoms with Crippen molar-refractivity contribution in [2.75, 3.05) is 32.0 Å². The Morgan fingerprint density at radius 3 is 2.29 bits per heavy atom. The zero-order valence-corrected chi connectivity index (χ0v) is 23.8. The molecule has 0 unspecified atom stereocenters. The number of rotatable bonds is 8. The highest BCUT2D eigenvalue weighted by molar-refractivity contribution is 9.10. The van der Waals surface area contributed by atoms with Crippen molar-refractivity contribution in [2.45, 2.75) is 31.3 Å². The van der Waals surface area contributed by atoms with Gasteiger partial charge in [-0.1, -0.05) is 37.9 Å². The van der Waals surface area contributed by atoms with E-state index in [9.17, 15) is 29.3 Å². The molecule has 1 heterocycles. The van der Waals surface area contributed by atoms with E-state index in [-0.39, 0.29) is 36.0 Å². The third kappa shape index (κ3) is 8.80. The minimum atomic E-state index is -1.09. The molecule has 0 bridgehead atoms. The first kappa shape index (κ1) is 30.7. The average molecular weight is 659 g/mol. The van der Waals surface area contributed by atoms with Gasteiger partial charge in [0.15, 0.2) is 5.78 Å². The smallest absolute Gasteiger partial charge is 0.328 e. The summed E-state index contributed by atoms with van der Waals surface area (Å²) in [5.41, 5.74) is 1.72. The fourth-order valence-corrected chi connectivity index (χ4v) is 4.11. The summed E-state index contributed by atoms with van der Waals surface area (Å²) < 4.78 is 15.1. The predicted octanol–water partition coefficient (Wildman–Crippen LogP) is 3.79. The van der Waals surface area contributed by atoms with Gasteiger partial charge < -0.3 is 24.8 Å². The molecule has 12 nitrogen and oxygen atoms in total. The number of nitrogens with zero attached hydrogens (tertiary/aromatic N) is 1. The number of carbonyl (C=O) groups is 4. The van der Waals surface area contributed by atoms with Gasteiger partial charge in [-0.2, -0.15) is 0 Å². The molecule has 2 atom stereocenters. The number of methoxy groups -OCH3 is 3. The second-order valence-electron chi connectivity index (χ2n) is 7.84. The Hall–Kier alpha value is -3.52. The number of carbonyl (C=O) groups excluding carboxylic acids is 4. The number of hydrogen-bond acceptors (Lipinski definition) is 11. The molecule has 0 amide bonds. The van der Waals surface area contributed by atoms with Crippen LogP contribution in [-0.4, -0.2) is 62.0 Å². The topological polar surface area (TPSA) is 163 Å². The molecule has 2 N–H and O–H groups in total. The first-order valence-corrected chi connectivity index (χ1v) is 12.6. The number of Topliss-reactive ketones (excluding diaryl/α,β-unsaturated/α-hetero) is 1. The number of fused-ring (bicyclic) bond motifs is 1. The first-order valence-electron chi connectivity index (χ1n) is 11.0. The van der Waals surface area contributed by atoms with E-state index in [0.29, 0.717) is 10.9 Å². The van der Waals surface area contributed by atoms with Crippen molar-refractivity contribution >= 4 is 72.6 Å². The number of ketones is 1. The number of nitro groups is 1. The fourth-order valence-electron chi connectivity index (χ4n) is 3.39. The molecule has 2 aromatic rings. The van der Waals surface area contributed by atoms with Crippen LogP contribution in [0.1, 0.15) is 18.4 Å². The molecular weight excluding hydrogens is 634 g/mol. The number of nitrogens with one attached hydrogen (secondary N) is 2. The van der Waals surface area contributed by atoms with Crippen LogP contribution in [0, 0.1) is 10.1 Å². The van der Waals surface area contributed by atoms with E-state index in [1.807, 2.05) is 18.2 Å². The van der Waals surface area contributed by atoms with Gasteiger partial charge in [0.1, 0.15) is 11.7 Å². The molecule has 0 saturated carbocycles. The largest absolute Gasteiger partial charge is 0.469 e. The lowest BCUT2D eigenvalue weighted by molar-refractivity contribution is -0.384. The Kier molecular flexibility index (Phi) is 11.7. The minimum Gasteiger partial charge on any atom is -0.469 e. The van der Waals surface area contributed by atoms with Gasteiger partial charge in [0, 0.05) is 27.1 Å². The molecule has 0 spiro atoms. The molecule has 204 valence electrons. The molecular formula is C24H25Br2N3O9. The Bertz CT molecular complexity index is 1220. The number of nitro benzene ring substituents is 1. The SMILES string of the molecule is COC(=O)C[C@@H]1Nc2cc(Br)ccc2CC1=O.COC(=O)C[C@H](Nc1cc(Br)ccc1[N+](=O)[O-])C(=O)OC. The Morgan fingerprint density at radius 1 is 1.05 bits per heavy atom. The molecule has 1 aliphatic rings. The molecule has 3 rings (SSSR count). The van der Waals surface area contributed by atoms with Crippen molar-refractivity contribution in [3.63, 3.8) is 0 Å². The number of ether oxygens (including phenoxy) is 3. The van der Waals surface area contributed by atoms with Gasteiger partial charge in [-0.25, -0.2) is 4.79 Å². The van der Waals surface area contributed by atoms with Gasteiger partial charge in [0.25, 0.3) is 5.69 Å². The van der Waals surface area contributed by atoms with E-state index in [0.717, 1.165) is 22.8 Å². The van der Waals surface area contributed by atoms with Crippen molar-refractivity contribution in [3.05, 3.63) is 61.0 Å². The maximum Gasteiger partial charge on any atom is 0.328 e. The van der Waals surface area contributed by atoms with Crippen LogP contribution in [0.3, 0.4) is 0 Å². The van der Waals surface area contributed by atoms with Crippen LogP contribution in [0.25, 0.3) is 0 Å². The molecule has 14 heteroatoms. The maximum absolute atomic E-state index is 11.8. The summed E-state index contributed by atoms with van der Waals surface area (Å²) in [7, 11) is 3.65. The molecule has 1 aliphatic heterocycles. The zero-order valence-electron chi connectivity index (χ0n) is 20.6. The van der Waals surface area contributed by atoms with Gasteiger partial charge in [0.2, 0.25) is 0 Å². The molecule has 0 aromatic heterocycles. The number of esters is 3. The molecule has 0 saturated heterocycles. The summed E-state index contributed by atoms with van der Waals surface area (Å²) in [6.07, 6.45) is 0.116. The van der Waals surface area contributed by atoms with Crippen molar-refractivity contribution in [3.8, 4) is 0 Å². The highest BCUT2D eigenvalue weighted by atomic mass is 79.9. The van der Waals surface area contributed by atoms with E-state index >= 15 is 0 Å². The van der Waals surface area contributed by atoms with E-state index < -0.39 is 28.9 Å². The van der Waals surface area contributed by atoms with Gasteiger partial charge >= 0.3 is 17.9 Å². The summed E-state index contributed by atoms with van der Waals surface area (Å²) in [6.45, 7) is 0. The van der Waals surface area contributed by atoms with E-state index in [1.165, 1.54) is 32.4 Å². The second kappa shape index (κ2) is 14.4. The first-order chi connectivity index (χ1) is 18.0. The number of benzene rings is 2. The van der Waals surface area contributed by atoms with Gasteiger partial charge in [-0.3, -0.25) is 24.5 Å². The molecule has 0 fully saturated rings. The average Bonchev–Trinajstić information content (AvgIpc) is 2.88. The quantitative estimate of drug-likeness (QED) is 0.184. The Balaban J connectivity index is 0.000000272. The lowest BCUT2D eigenvalue weighted by Crippen LogP contribution is -2.37. The number of hydrogen-bond donors (Lipinski definition) is 2. The van der Waals surface area contributed by atoms with Crippen molar-refractivity contribution in [2.24, 2.45) is 0 Å². The monoisotopic (exact) mass is 657 g/mol. The standard InChI is InChI=1S/C12H13BrN2O6.C12H12BrNO3/c1-20-11(16)6-9(12(17)21-2)14-8-5-7(13)3-4-10(8)15(18)19;1-17-12(16)6-10-11(15)4-7-2-3-8(13)5-9(7)14-10/h3-5,9,14H,6H2,1-2H3;2-3,5,10,14H,4,6H2,1H3/t9-;10-/m00/s1. The van der Waals surface area contributed by atoms with Crippen molar-refractivity contribution in [1.82, 2.24) is 0 Å². The van der Waals surface area contributed by atoms with Crippen LogP contribution in [0.5, 0.6) is 0 Å². The van der Waals surface area contributed by atoms with Crippen molar-refractivity contribution in [1.29, 1.82) is 0 Å². The normalized spacial score (nSPS) is 14.4. The number of anilines is 2. The summed E-state index contributed by atoms with van der Waals surface area (Å²) in [5.74, 6) is -1.73. The molecule has 0 radical (unpaired) electrons. The van der Waals surface area contributed by atoms with Crippen LogP contribution in [0.2, 0.25) is 0 Å². The third-order valence-electron chi connectivity index (χ3n) is 5.32. The van der Waals surface area contributed by atoms with Crippen LogP contribution in [0.15, 0.2) is 45.3 Å². The second-order valence-corrected chi connectivity index (χ2v) is 9.67. The highest BCUT2D eigenvalue weighted by Crippen LogP contribution is 2.29. The third-order valence-corrected chi connectivity index (χ3v) is 6.31. The highest BCUT2D eigenvalue weighted by Gasteiger charge is 2.28. The fraction of sp³-hybridized carbons (Fsp3) is 0.333. The summed E-state index contributed by atoms with van der Waals surface area (Å²) in [4.78, 5) is 56.3. The summed E-state index contributed by atoms with van der Waals surface area (Å²) in [5, 5.41) is 16.7. The lowest BCUT2D eigenvalue weighted by Gasteiger charge is -2.25. The van der Waals surface area contributed by atoms with E-state index in [2.05, 4.69) is 56.7 Å². The van der Waals surface area contributed by atoms with E-state index in [4.69, 9.17) is 0 Å².